The SMILES string of the molecule is C#CC(C)(C)NC(CC)Cc1ccccc1. The highest BCUT2D eigenvalue weighted by Gasteiger charge is 2.18. The Morgan fingerprint density at radius 3 is 2.44 bits per heavy atom. The summed E-state index contributed by atoms with van der Waals surface area (Å²) in [7, 11) is 0. The van der Waals surface area contributed by atoms with Crippen molar-refractivity contribution >= 4 is 0 Å². The molecule has 1 heteroatoms. The van der Waals surface area contributed by atoms with Gasteiger partial charge in [-0.15, -0.1) is 6.42 Å². The first-order chi connectivity index (χ1) is 7.57. The molecule has 0 saturated heterocycles. The number of hydrogen-bond acceptors (Lipinski definition) is 1. The lowest BCUT2D eigenvalue weighted by Crippen LogP contribution is -2.45. The third kappa shape index (κ3) is 4.08. The van der Waals surface area contributed by atoms with E-state index in [9.17, 15) is 0 Å². The Morgan fingerprint density at radius 2 is 1.94 bits per heavy atom. The third-order valence-electron chi connectivity index (χ3n) is 2.74. The molecule has 0 fully saturated rings. The van der Waals surface area contributed by atoms with Gasteiger partial charge in [-0.1, -0.05) is 43.2 Å². The van der Waals surface area contributed by atoms with Gasteiger partial charge in [0.2, 0.25) is 0 Å². The summed E-state index contributed by atoms with van der Waals surface area (Å²) in [6.45, 7) is 6.27. The topological polar surface area (TPSA) is 12.0 Å². The van der Waals surface area contributed by atoms with Crippen molar-refractivity contribution in [1.29, 1.82) is 0 Å². The molecule has 1 nitrogen and oxygen atoms in total. The lowest BCUT2D eigenvalue weighted by molar-refractivity contribution is 0.392. The molecule has 1 atom stereocenters. The molecule has 0 aliphatic carbocycles. The summed E-state index contributed by atoms with van der Waals surface area (Å²) in [4.78, 5) is 0. The lowest BCUT2D eigenvalue weighted by Gasteiger charge is -2.27. The van der Waals surface area contributed by atoms with Crippen molar-refractivity contribution in [2.24, 2.45) is 0 Å². The van der Waals surface area contributed by atoms with E-state index in [1.165, 1.54) is 5.56 Å². The van der Waals surface area contributed by atoms with Gasteiger partial charge in [-0.3, -0.25) is 5.32 Å². The first kappa shape index (κ1) is 12.8. The molecule has 0 radical (unpaired) electrons. The minimum absolute atomic E-state index is 0.227. The van der Waals surface area contributed by atoms with E-state index in [-0.39, 0.29) is 5.54 Å². The van der Waals surface area contributed by atoms with Crippen molar-refractivity contribution in [2.45, 2.75) is 45.2 Å². The second kappa shape index (κ2) is 5.72. The van der Waals surface area contributed by atoms with Crippen molar-refractivity contribution < 1.29 is 0 Å². The molecule has 1 unspecified atom stereocenters. The Hall–Kier alpha value is -1.26. The maximum absolute atomic E-state index is 5.49. The largest absolute Gasteiger partial charge is 0.299 e. The maximum Gasteiger partial charge on any atom is 0.0743 e. The third-order valence-corrected chi connectivity index (χ3v) is 2.74. The van der Waals surface area contributed by atoms with Gasteiger partial charge in [-0.25, -0.2) is 0 Å². The molecule has 1 N–H and O–H groups in total. The normalized spacial score (nSPS) is 13.1. The van der Waals surface area contributed by atoms with Gasteiger partial charge in [0.1, 0.15) is 0 Å². The molecule has 1 aromatic rings. The predicted octanol–water partition coefficient (Wildman–Crippen LogP) is 3.01. The summed E-state index contributed by atoms with van der Waals surface area (Å²) in [6, 6.07) is 11.0. The van der Waals surface area contributed by atoms with E-state index in [4.69, 9.17) is 6.42 Å². The van der Waals surface area contributed by atoms with Crippen LogP contribution in [-0.4, -0.2) is 11.6 Å². The fourth-order valence-corrected chi connectivity index (χ4v) is 1.75. The van der Waals surface area contributed by atoms with E-state index in [0.29, 0.717) is 6.04 Å². The van der Waals surface area contributed by atoms with Crippen LogP contribution in [-0.2, 0) is 6.42 Å². The quantitative estimate of drug-likeness (QED) is 0.745. The van der Waals surface area contributed by atoms with Crippen molar-refractivity contribution in [3.63, 3.8) is 0 Å². The van der Waals surface area contributed by atoms with Crippen molar-refractivity contribution in [2.75, 3.05) is 0 Å². The first-order valence-electron chi connectivity index (χ1n) is 5.87. The van der Waals surface area contributed by atoms with E-state index >= 15 is 0 Å². The Bertz CT molecular complexity index is 345. The van der Waals surface area contributed by atoms with Gasteiger partial charge in [-0.2, -0.15) is 0 Å². The number of terminal acetylenes is 1. The van der Waals surface area contributed by atoms with E-state index in [0.717, 1.165) is 12.8 Å². The smallest absolute Gasteiger partial charge is 0.0743 e. The summed E-state index contributed by atoms with van der Waals surface area (Å²) < 4.78 is 0. The zero-order valence-electron chi connectivity index (χ0n) is 10.5. The molecular formula is C15H21N. The average molecular weight is 215 g/mol. The van der Waals surface area contributed by atoms with Gasteiger partial charge < -0.3 is 0 Å². The fraction of sp³-hybridized carbons (Fsp3) is 0.467. The van der Waals surface area contributed by atoms with E-state index in [1.807, 2.05) is 19.9 Å². The second-order valence-corrected chi connectivity index (χ2v) is 4.71. The summed E-state index contributed by atoms with van der Waals surface area (Å²) in [5, 5.41) is 3.51. The van der Waals surface area contributed by atoms with Crippen LogP contribution in [0.4, 0.5) is 0 Å². The van der Waals surface area contributed by atoms with Crippen molar-refractivity contribution in [3.8, 4) is 12.3 Å². The molecule has 0 aliphatic rings. The van der Waals surface area contributed by atoms with Crippen LogP contribution in [0.15, 0.2) is 30.3 Å². The second-order valence-electron chi connectivity index (χ2n) is 4.71. The molecule has 86 valence electrons. The Morgan fingerprint density at radius 1 is 1.31 bits per heavy atom. The lowest BCUT2D eigenvalue weighted by atomic mass is 9.99. The fourth-order valence-electron chi connectivity index (χ4n) is 1.75. The average Bonchev–Trinajstić information content (AvgIpc) is 2.29. The Kier molecular flexibility index (Phi) is 4.58. The monoisotopic (exact) mass is 215 g/mol. The van der Waals surface area contributed by atoms with Gasteiger partial charge in [0, 0.05) is 6.04 Å². The van der Waals surface area contributed by atoms with Crippen molar-refractivity contribution in [3.05, 3.63) is 35.9 Å². The molecule has 0 bridgehead atoms. The molecule has 0 spiro atoms. The number of nitrogens with one attached hydrogen (secondary N) is 1. The highest BCUT2D eigenvalue weighted by atomic mass is 15.0. The van der Waals surface area contributed by atoms with Crippen LogP contribution in [0.25, 0.3) is 0 Å². The van der Waals surface area contributed by atoms with Gasteiger partial charge in [0.05, 0.1) is 5.54 Å². The van der Waals surface area contributed by atoms with E-state index in [1.54, 1.807) is 0 Å². The predicted molar refractivity (Wildman–Crippen MR) is 70.3 cm³/mol. The van der Waals surface area contributed by atoms with Crippen LogP contribution in [0, 0.1) is 12.3 Å². The summed E-state index contributed by atoms with van der Waals surface area (Å²) in [5.41, 5.74) is 1.13. The number of benzene rings is 1. The van der Waals surface area contributed by atoms with E-state index < -0.39 is 0 Å². The van der Waals surface area contributed by atoms with Gasteiger partial charge in [-0.05, 0) is 32.3 Å². The van der Waals surface area contributed by atoms with Crippen LogP contribution in [0.1, 0.15) is 32.8 Å². The molecule has 0 aliphatic heterocycles. The molecule has 0 heterocycles. The zero-order valence-corrected chi connectivity index (χ0v) is 10.5. The Labute approximate surface area is 99.3 Å². The first-order valence-corrected chi connectivity index (χ1v) is 5.87. The molecule has 1 aromatic carbocycles. The van der Waals surface area contributed by atoms with Gasteiger partial charge in [0.25, 0.3) is 0 Å². The zero-order chi connectivity index (χ0) is 12.0. The van der Waals surface area contributed by atoms with Crippen LogP contribution in [0.2, 0.25) is 0 Å². The van der Waals surface area contributed by atoms with E-state index in [2.05, 4.69) is 42.4 Å². The minimum Gasteiger partial charge on any atom is -0.299 e. The van der Waals surface area contributed by atoms with Crippen LogP contribution >= 0.6 is 0 Å². The minimum atomic E-state index is -0.227. The summed E-state index contributed by atoms with van der Waals surface area (Å²) in [5.74, 6) is 2.78. The standard InChI is InChI=1S/C15H21N/c1-5-14(16-15(3,4)6-2)12-13-10-8-7-9-11-13/h2,7-11,14,16H,5,12H2,1,3-4H3. The maximum atomic E-state index is 5.49. The summed E-state index contributed by atoms with van der Waals surface area (Å²) >= 11 is 0. The van der Waals surface area contributed by atoms with Crippen LogP contribution in [0.3, 0.4) is 0 Å². The molecule has 16 heavy (non-hydrogen) atoms. The van der Waals surface area contributed by atoms with Crippen LogP contribution in [0.5, 0.6) is 0 Å². The molecule has 0 aromatic heterocycles. The van der Waals surface area contributed by atoms with Crippen LogP contribution < -0.4 is 5.32 Å². The highest BCUT2D eigenvalue weighted by molar-refractivity contribution is 5.17. The molecule has 1 rings (SSSR count). The highest BCUT2D eigenvalue weighted by Crippen LogP contribution is 2.09. The van der Waals surface area contributed by atoms with Gasteiger partial charge in [0.15, 0.2) is 0 Å². The number of rotatable bonds is 5. The molecule has 0 saturated carbocycles. The van der Waals surface area contributed by atoms with Gasteiger partial charge >= 0.3 is 0 Å². The van der Waals surface area contributed by atoms with Crippen molar-refractivity contribution in [1.82, 2.24) is 5.32 Å². The number of hydrogen-bond donors (Lipinski definition) is 1. The summed E-state index contributed by atoms with van der Waals surface area (Å²) in [6.07, 6.45) is 7.60. The Balaban J connectivity index is 2.61. The molecule has 0 amide bonds. The molecular weight excluding hydrogens is 194 g/mol.